The van der Waals surface area contributed by atoms with Crippen LogP contribution < -0.4 is 14.4 Å². The van der Waals surface area contributed by atoms with Crippen LogP contribution in [0.1, 0.15) is 23.2 Å². The lowest BCUT2D eigenvalue weighted by atomic mass is 10.1. The molecule has 27 heavy (non-hydrogen) atoms. The van der Waals surface area contributed by atoms with Crippen LogP contribution in [-0.2, 0) is 4.79 Å². The van der Waals surface area contributed by atoms with Gasteiger partial charge in [0.05, 0.1) is 14.2 Å². The first kappa shape index (κ1) is 19.0. The highest BCUT2D eigenvalue weighted by Gasteiger charge is 2.27. The van der Waals surface area contributed by atoms with E-state index in [1.165, 1.54) is 14.2 Å². The van der Waals surface area contributed by atoms with Crippen LogP contribution in [0.25, 0.3) is 0 Å². The number of hydrogen-bond acceptors (Lipinski definition) is 4. The number of carbonyl (C=O) groups is 2. The van der Waals surface area contributed by atoms with Crippen LogP contribution >= 0.6 is 11.6 Å². The minimum Gasteiger partial charge on any atom is -0.497 e. The second-order valence-corrected chi connectivity index (χ2v) is 6.65. The predicted molar refractivity (Wildman–Crippen MR) is 104 cm³/mol. The van der Waals surface area contributed by atoms with Gasteiger partial charge in [-0.05, 0) is 36.8 Å². The summed E-state index contributed by atoms with van der Waals surface area (Å²) >= 11 is 6.12. The second kappa shape index (κ2) is 8.31. The lowest BCUT2D eigenvalue weighted by molar-refractivity contribution is -0.127. The smallest absolute Gasteiger partial charge is 0.260 e. The van der Waals surface area contributed by atoms with Crippen LogP contribution in [0.2, 0.25) is 5.02 Å². The number of halogens is 1. The number of rotatable bonds is 6. The fourth-order valence-electron chi connectivity index (χ4n) is 3.02. The topological polar surface area (TPSA) is 59.1 Å². The van der Waals surface area contributed by atoms with E-state index in [-0.39, 0.29) is 18.5 Å². The Morgan fingerprint density at radius 2 is 1.85 bits per heavy atom. The average molecular weight is 389 g/mol. The molecular formula is C20H21ClN2O4. The molecule has 2 amide bonds. The van der Waals surface area contributed by atoms with Gasteiger partial charge in [-0.1, -0.05) is 17.7 Å². The summed E-state index contributed by atoms with van der Waals surface area (Å²) in [5, 5.41) is 0.515. The summed E-state index contributed by atoms with van der Waals surface area (Å²) in [7, 11) is 3.06. The van der Waals surface area contributed by atoms with E-state index in [1.807, 2.05) is 0 Å². The maximum Gasteiger partial charge on any atom is 0.260 e. The summed E-state index contributed by atoms with van der Waals surface area (Å²) in [6, 6.07) is 12.0. The zero-order chi connectivity index (χ0) is 19.4. The van der Waals surface area contributed by atoms with Crippen molar-refractivity contribution in [2.75, 3.05) is 32.3 Å². The van der Waals surface area contributed by atoms with Gasteiger partial charge in [0.1, 0.15) is 18.2 Å². The number of hydrogen-bond donors (Lipinski definition) is 0. The molecule has 0 N–H and O–H groups in total. The first-order valence-electron chi connectivity index (χ1n) is 8.60. The van der Waals surface area contributed by atoms with Gasteiger partial charge in [0.2, 0.25) is 5.91 Å². The van der Waals surface area contributed by atoms with Crippen molar-refractivity contribution >= 4 is 29.1 Å². The number of methoxy groups -OCH3 is 2. The van der Waals surface area contributed by atoms with Crippen LogP contribution in [0.15, 0.2) is 42.5 Å². The average Bonchev–Trinajstić information content (AvgIpc) is 3.09. The zero-order valence-corrected chi connectivity index (χ0v) is 16.0. The third-order valence-corrected chi connectivity index (χ3v) is 4.68. The first-order chi connectivity index (χ1) is 13.0. The minimum atomic E-state index is -0.269. The maximum atomic E-state index is 13.3. The standard InChI is InChI=1S/C20H21ClN2O4/c1-26-17-9-14(10-18(12-17)27-2)20(25)23(13-22-8-4-7-19(22)24)16-6-3-5-15(21)11-16/h3,5-6,9-12H,4,7-8,13H2,1-2H3. The van der Waals surface area contributed by atoms with Gasteiger partial charge in [-0.2, -0.15) is 0 Å². The molecule has 142 valence electrons. The monoisotopic (exact) mass is 388 g/mol. The third kappa shape index (κ3) is 4.34. The van der Waals surface area contributed by atoms with Gasteiger partial charge in [-0.3, -0.25) is 14.5 Å². The number of ether oxygens (including phenoxy) is 2. The molecule has 6 nitrogen and oxygen atoms in total. The SMILES string of the molecule is COc1cc(OC)cc(C(=O)N(CN2CCCC2=O)c2cccc(Cl)c2)c1. The number of carbonyl (C=O) groups excluding carboxylic acids is 2. The predicted octanol–water partition coefficient (Wildman–Crippen LogP) is 3.58. The number of anilines is 1. The molecule has 0 unspecified atom stereocenters. The maximum absolute atomic E-state index is 13.3. The quantitative estimate of drug-likeness (QED) is 0.758. The van der Waals surface area contributed by atoms with E-state index in [4.69, 9.17) is 21.1 Å². The highest BCUT2D eigenvalue weighted by atomic mass is 35.5. The molecule has 0 bridgehead atoms. The minimum absolute atomic E-state index is 0.0399. The van der Waals surface area contributed by atoms with E-state index >= 15 is 0 Å². The van der Waals surface area contributed by atoms with Gasteiger partial charge in [0.15, 0.2) is 0 Å². The lowest BCUT2D eigenvalue weighted by Crippen LogP contribution is -2.42. The van der Waals surface area contributed by atoms with Gasteiger partial charge < -0.3 is 14.4 Å². The number of benzene rings is 2. The van der Waals surface area contributed by atoms with Crippen LogP contribution in [0.3, 0.4) is 0 Å². The Balaban J connectivity index is 1.98. The molecule has 1 heterocycles. The summed E-state index contributed by atoms with van der Waals surface area (Å²) in [6.45, 7) is 0.794. The number of nitrogens with zero attached hydrogens (tertiary/aromatic N) is 2. The summed E-state index contributed by atoms with van der Waals surface area (Å²) in [5.41, 5.74) is 1.02. The zero-order valence-electron chi connectivity index (χ0n) is 15.3. The molecule has 2 aromatic rings. The molecule has 1 fully saturated rings. The summed E-state index contributed by atoms with van der Waals surface area (Å²) in [5.74, 6) is 0.800. The van der Waals surface area contributed by atoms with E-state index in [0.717, 1.165) is 6.42 Å². The molecule has 0 aliphatic carbocycles. The van der Waals surface area contributed by atoms with Crippen LogP contribution in [0.5, 0.6) is 11.5 Å². The summed E-state index contributed by atoms with van der Waals surface area (Å²) < 4.78 is 10.5. The van der Waals surface area contributed by atoms with Crippen molar-refractivity contribution in [3.63, 3.8) is 0 Å². The Kier molecular flexibility index (Phi) is 5.86. The van der Waals surface area contributed by atoms with Crippen molar-refractivity contribution in [3.05, 3.63) is 53.1 Å². The van der Waals surface area contributed by atoms with E-state index in [9.17, 15) is 9.59 Å². The molecule has 1 saturated heterocycles. The van der Waals surface area contributed by atoms with Crippen LogP contribution in [0.4, 0.5) is 5.69 Å². The first-order valence-corrected chi connectivity index (χ1v) is 8.98. The molecule has 7 heteroatoms. The van der Waals surface area contributed by atoms with Crippen molar-refractivity contribution < 1.29 is 19.1 Å². The molecule has 1 aliphatic heterocycles. The third-order valence-electron chi connectivity index (χ3n) is 4.45. The number of amides is 2. The van der Waals surface area contributed by atoms with Crippen LogP contribution in [0, 0.1) is 0 Å². The van der Waals surface area contributed by atoms with Gasteiger partial charge in [-0.25, -0.2) is 0 Å². The highest BCUT2D eigenvalue weighted by Crippen LogP contribution is 2.27. The Bertz CT molecular complexity index is 833. The Morgan fingerprint density at radius 3 is 2.41 bits per heavy atom. The van der Waals surface area contributed by atoms with Crippen molar-refractivity contribution in [2.24, 2.45) is 0 Å². The van der Waals surface area contributed by atoms with Gasteiger partial charge in [-0.15, -0.1) is 0 Å². The normalized spacial score (nSPS) is 13.6. The molecule has 2 aromatic carbocycles. The van der Waals surface area contributed by atoms with Gasteiger partial charge in [0, 0.05) is 35.3 Å². The Labute approximate surface area is 163 Å². The number of likely N-dealkylation sites (tertiary alicyclic amines) is 1. The van der Waals surface area contributed by atoms with Crippen molar-refractivity contribution in [1.82, 2.24) is 4.90 Å². The summed E-state index contributed by atoms with van der Waals surface area (Å²) in [4.78, 5) is 28.6. The lowest BCUT2D eigenvalue weighted by Gasteiger charge is -2.28. The largest absolute Gasteiger partial charge is 0.497 e. The van der Waals surface area contributed by atoms with E-state index in [0.29, 0.717) is 40.7 Å². The fourth-order valence-corrected chi connectivity index (χ4v) is 3.20. The van der Waals surface area contributed by atoms with Gasteiger partial charge in [0.25, 0.3) is 5.91 Å². The van der Waals surface area contributed by atoms with Crippen molar-refractivity contribution in [1.29, 1.82) is 0 Å². The second-order valence-electron chi connectivity index (χ2n) is 6.22. The van der Waals surface area contributed by atoms with Crippen LogP contribution in [-0.4, -0.2) is 44.1 Å². The fraction of sp³-hybridized carbons (Fsp3) is 0.300. The molecular weight excluding hydrogens is 368 g/mol. The Hall–Kier alpha value is -2.73. The molecule has 0 radical (unpaired) electrons. The van der Waals surface area contributed by atoms with E-state index in [1.54, 1.807) is 52.3 Å². The van der Waals surface area contributed by atoms with Gasteiger partial charge >= 0.3 is 0 Å². The molecule has 0 spiro atoms. The molecule has 3 rings (SSSR count). The molecule has 0 saturated carbocycles. The van der Waals surface area contributed by atoms with Crippen molar-refractivity contribution in [3.8, 4) is 11.5 Å². The molecule has 0 aromatic heterocycles. The van der Waals surface area contributed by atoms with E-state index in [2.05, 4.69) is 0 Å². The Morgan fingerprint density at radius 1 is 1.15 bits per heavy atom. The molecule has 0 atom stereocenters. The molecule has 1 aliphatic rings. The highest BCUT2D eigenvalue weighted by molar-refractivity contribution is 6.31. The van der Waals surface area contributed by atoms with E-state index < -0.39 is 0 Å². The summed E-state index contributed by atoms with van der Waals surface area (Å²) in [6.07, 6.45) is 1.30. The van der Waals surface area contributed by atoms with Crippen molar-refractivity contribution in [2.45, 2.75) is 12.8 Å².